The SMILES string of the molecule is N#CCc1c(I)cc(O)cc1I. The average molecular weight is 385 g/mol. The minimum Gasteiger partial charge on any atom is -0.508 e. The summed E-state index contributed by atoms with van der Waals surface area (Å²) in [4.78, 5) is 0. The molecule has 0 aliphatic carbocycles. The van der Waals surface area contributed by atoms with Crippen molar-refractivity contribution in [3.63, 3.8) is 0 Å². The maximum Gasteiger partial charge on any atom is 0.117 e. The van der Waals surface area contributed by atoms with Gasteiger partial charge in [-0.1, -0.05) is 0 Å². The lowest BCUT2D eigenvalue weighted by Crippen LogP contribution is -1.91. The minimum absolute atomic E-state index is 0.255. The summed E-state index contributed by atoms with van der Waals surface area (Å²) in [6, 6.07) is 5.42. The molecule has 0 unspecified atom stereocenters. The molecule has 0 aliphatic rings. The van der Waals surface area contributed by atoms with Crippen molar-refractivity contribution in [1.29, 1.82) is 5.26 Å². The predicted molar refractivity (Wildman–Crippen MR) is 62.9 cm³/mol. The molecular weight excluding hydrogens is 380 g/mol. The number of phenols is 1. The van der Waals surface area contributed by atoms with E-state index >= 15 is 0 Å². The Morgan fingerprint density at radius 3 is 2.25 bits per heavy atom. The fraction of sp³-hybridized carbons (Fsp3) is 0.125. The first-order chi connectivity index (χ1) is 5.65. The Labute approximate surface area is 97.9 Å². The number of aromatic hydroxyl groups is 1. The van der Waals surface area contributed by atoms with Gasteiger partial charge >= 0.3 is 0 Å². The summed E-state index contributed by atoms with van der Waals surface area (Å²) in [6.45, 7) is 0. The molecule has 1 N–H and O–H groups in total. The van der Waals surface area contributed by atoms with Gasteiger partial charge in [0.1, 0.15) is 5.75 Å². The minimum atomic E-state index is 0.255. The number of nitrogens with zero attached hydrogens (tertiary/aromatic N) is 1. The van der Waals surface area contributed by atoms with Crippen molar-refractivity contribution in [3.8, 4) is 11.8 Å². The molecule has 62 valence electrons. The summed E-state index contributed by atoms with van der Waals surface area (Å²) < 4.78 is 1.89. The van der Waals surface area contributed by atoms with Crippen LogP contribution in [0.3, 0.4) is 0 Å². The first-order valence-corrected chi connectivity index (χ1v) is 5.34. The molecule has 1 rings (SSSR count). The van der Waals surface area contributed by atoms with E-state index in [-0.39, 0.29) is 5.75 Å². The third-order valence-corrected chi connectivity index (χ3v) is 3.31. The number of halogens is 2. The van der Waals surface area contributed by atoms with Gasteiger partial charge < -0.3 is 5.11 Å². The molecule has 0 atom stereocenters. The third-order valence-electron chi connectivity index (χ3n) is 1.38. The van der Waals surface area contributed by atoms with Gasteiger partial charge in [-0.2, -0.15) is 5.26 Å². The normalized spacial score (nSPS) is 9.42. The van der Waals surface area contributed by atoms with Crippen LogP contribution in [0.4, 0.5) is 0 Å². The number of phenolic OH excluding ortho intramolecular Hbond substituents is 1. The topological polar surface area (TPSA) is 44.0 Å². The number of rotatable bonds is 1. The zero-order valence-electron chi connectivity index (χ0n) is 6.01. The maximum absolute atomic E-state index is 9.19. The van der Waals surface area contributed by atoms with Crippen molar-refractivity contribution < 1.29 is 5.11 Å². The van der Waals surface area contributed by atoms with E-state index in [9.17, 15) is 5.11 Å². The molecule has 2 nitrogen and oxygen atoms in total. The Balaban J connectivity index is 3.21. The second-order valence-electron chi connectivity index (χ2n) is 2.22. The lowest BCUT2D eigenvalue weighted by Gasteiger charge is -2.03. The van der Waals surface area contributed by atoms with Crippen LogP contribution in [-0.2, 0) is 6.42 Å². The number of benzene rings is 1. The number of hydrogen-bond acceptors (Lipinski definition) is 2. The molecule has 0 amide bonds. The molecule has 0 radical (unpaired) electrons. The predicted octanol–water partition coefficient (Wildman–Crippen LogP) is 2.67. The second kappa shape index (κ2) is 4.28. The van der Waals surface area contributed by atoms with E-state index in [2.05, 4.69) is 51.3 Å². The lowest BCUT2D eigenvalue weighted by atomic mass is 10.2. The molecule has 0 aliphatic heterocycles. The molecule has 4 heteroatoms. The van der Waals surface area contributed by atoms with Gasteiger partial charge in [0, 0.05) is 7.14 Å². The highest BCUT2D eigenvalue weighted by molar-refractivity contribution is 14.1. The third kappa shape index (κ3) is 2.23. The van der Waals surface area contributed by atoms with E-state index in [0.29, 0.717) is 6.42 Å². The fourth-order valence-electron chi connectivity index (χ4n) is 0.838. The van der Waals surface area contributed by atoms with Gasteiger partial charge in [0.15, 0.2) is 0 Å². The molecule has 0 saturated carbocycles. The first-order valence-electron chi connectivity index (χ1n) is 3.19. The smallest absolute Gasteiger partial charge is 0.117 e. The second-order valence-corrected chi connectivity index (χ2v) is 4.55. The van der Waals surface area contributed by atoms with E-state index in [1.165, 1.54) is 0 Å². The van der Waals surface area contributed by atoms with Crippen LogP contribution < -0.4 is 0 Å². The van der Waals surface area contributed by atoms with Crippen molar-refractivity contribution in [2.75, 3.05) is 0 Å². The highest BCUT2D eigenvalue weighted by atomic mass is 127. The number of hydrogen-bond donors (Lipinski definition) is 1. The Bertz CT molecular complexity index is 320. The van der Waals surface area contributed by atoms with Crippen LogP contribution in [0, 0.1) is 18.5 Å². The van der Waals surface area contributed by atoms with Gasteiger partial charge in [-0.3, -0.25) is 0 Å². The molecular formula is C8H5I2NO. The average Bonchev–Trinajstić information content (AvgIpc) is 1.96. The van der Waals surface area contributed by atoms with Crippen molar-refractivity contribution in [1.82, 2.24) is 0 Å². The van der Waals surface area contributed by atoms with Crippen LogP contribution >= 0.6 is 45.2 Å². The Kier molecular flexibility index (Phi) is 3.58. The standard InChI is InChI=1S/C8H5I2NO/c9-7-3-5(12)4-8(10)6(7)1-2-11/h3-4,12H,1H2. The molecule has 0 bridgehead atoms. The van der Waals surface area contributed by atoms with Gasteiger partial charge in [-0.15, -0.1) is 0 Å². The van der Waals surface area contributed by atoms with Crippen molar-refractivity contribution in [2.45, 2.75) is 6.42 Å². The molecule has 0 fully saturated rings. The summed E-state index contributed by atoms with van der Waals surface area (Å²) in [6.07, 6.45) is 0.400. The fourth-order valence-corrected chi connectivity index (χ4v) is 2.95. The molecule has 1 aromatic rings. The zero-order chi connectivity index (χ0) is 9.14. The van der Waals surface area contributed by atoms with E-state index in [4.69, 9.17) is 5.26 Å². The molecule has 0 heterocycles. The van der Waals surface area contributed by atoms with E-state index in [0.717, 1.165) is 12.7 Å². The number of nitriles is 1. The first kappa shape index (κ1) is 10.1. The molecule has 0 spiro atoms. The van der Waals surface area contributed by atoms with Gasteiger partial charge in [0.2, 0.25) is 0 Å². The van der Waals surface area contributed by atoms with E-state index in [1.54, 1.807) is 12.1 Å². The van der Waals surface area contributed by atoms with Crippen molar-refractivity contribution in [3.05, 3.63) is 24.8 Å². The summed E-state index contributed by atoms with van der Waals surface area (Å²) in [5.41, 5.74) is 0.997. The van der Waals surface area contributed by atoms with Crippen LogP contribution in [0.1, 0.15) is 5.56 Å². The van der Waals surface area contributed by atoms with Gasteiger partial charge in [0.05, 0.1) is 12.5 Å². The quantitative estimate of drug-likeness (QED) is 0.756. The highest BCUT2D eigenvalue weighted by Gasteiger charge is 2.05. The van der Waals surface area contributed by atoms with Crippen LogP contribution in [0.2, 0.25) is 0 Å². The van der Waals surface area contributed by atoms with Gasteiger partial charge in [-0.05, 0) is 62.9 Å². The van der Waals surface area contributed by atoms with Gasteiger partial charge in [0.25, 0.3) is 0 Å². The maximum atomic E-state index is 9.19. The monoisotopic (exact) mass is 385 g/mol. The van der Waals surface area contributed by atoms with Crippen LogP contribution in [0.15, 0.2) is 12.1 Å². The molecule has 12 heavy (non-hydrogen) atoms. The Morgan fingerprint density at radius 2 is 1.83 bits per heavy atom. The van der Waals surface area contributed by atoms with Crippen LogP contribution in [0.25, 0.3) is 0 Å². The summed E-state index contributed by atoms with van der Waals surface area (Å²) in [5, 5.41) is 17.7. The van der Waals surface area contributed by atoms with Crippen molar-refractivity contribution in [2.24, 2.45) is 0 Å². The Hall–Kier alpha value is -0.0300. The molecule has 0 saturated heterocycles. The lowest BCUT2D eigenvalue weighted by molar-refractivity contribution is 0.474. The molecule has 0 aromatic heterocycles. The van der Waals surface area contributed by atoms with Gasteiger partial charge in [-0.25, -0.2) is 0 Å². The largest absolute Gasteiger partial charge is 0.508 e. The zero-order valence-corrected chi connectivity index (χ0v) is 10.3. The van der Waals surface area contributed by atoms with E-state index in [1.807, 2.05) is 0 Å². The van der Waals surface area contributed by atoms with Crippen LogP contribution in [-0.4, -0.2) is 5.11 Å². The summed E-state index contributed by atoms with van der Waals surface area (Å²) in [5.74, 6) is 0.255. The summed E-state index contributed by atoms with van der Waals surface area (Å²) >= 11 is 4.24. The van der Waals surface area contributed by atoms with Crippen molar-refractivity contribution >= 4 is 45.2 Å². The van der Waals surface area contributed by atoms with Crippen LogP contribution in [0.5, 0.6) is 5.75 Å². The Morgan fingerprint density at radius 1 is 1.33 bits per heavy atom. The molecule has 1 aromatic carbocycles. The van der Waals surface area contributed by atoms with E-state index < -0.39 is 0 Å². The highest BCUT2D eigenvalue weighted by Crippen LogP contribution is 2.24. The summed E-state index contributed by atoms with van der Waals surface area (Å²) in [7, 11) is 0.